The molecule has 2 aliphatic rings. The summed E-state index contributed by atoms with van der Waals surface area (Å²) in [6.07, 6.45) is 1.49. The number of likely N-dealkylation sites (tertiary alicyclic amines) is 1. The van der Waals surface area contributed by atoms with Crippen LogP contribution in [0.5, 0.6) is 0 Å². The van der Waals surface area contributed by atoms with Crippen LogP contribution in [0.2, 0.25) is 0 Å². The van der Waals surface area contributed by atoms with Crippen molar-refractivity contribution in [3.8, 4) is 0 Å². The van der Waals surface area contributed by atoms with Crippen LogP contribution in [-0.4, -0.2) is 49.2 Å². The molecule has 0 bridgehead atoms. The molecule has 1 amide bonds. The summed E-state index contributed by atoms with van der Waals surface area (Å²) < 4.78 is 13.5. The van der Waals surface area contributed by atoms with E-state index in [4.69, 9.17) is 5.73 Å². The van der Waals surface area contributed by atoms with Crippen LogP contribution in [0.15, 0.2) is 24.3 Å². The summed E-state index contributed by atoms with van der Waals surface area (Å²) in [5.74, 6) is -0.221. The lowest BCUT2D eigenvalue weighted by Gasteiger charge is -2.43. The Labute approximate surface area is 123 Å². The predicted octanol–water partition coefficient (Wildman–Crippen LogP) is 0.513. The van der Waals surface area contributed by atoms with Crippen molar-refractivity contribution in [2.24, 2.45) is 5.73 Å². The molecule has 2 saturated heterocycles. The Morgan fingerprint density at radius 1 is 1.33 bits per heavy atom. The van der Waals surface area contributed by atoms with Gasteiger partial charge in [-0.2, -0.15) is 0 Å². The summed E-state index contributed by atoms with van der Waals surface area (Å²) in [5.41, 5.74) is 5.82. The smallest absolute Gasteiger partial charge is 0.247 e. The summed E-state index contributed by atoms with van der Waals surface area (Å²) in [7, 11) is 0. The molecule has 6 heteroatoms. The fourth-order valence-electron chi connectivity index (χ4n) is 3.40. The van der Waals surface area contributed by atoms with Gasteiger partial charge in [-0.1, -0.05) is 6.07 Å². The van der Waals surface area contributed by atoms with Gasteiger partial charge in [-0.25, -0.2) is 4.39 Å². The molecule has 0 aromatic heterocycles. The largest absolute Gasteiger partial charge is 0.339 e. The summed E-state index contributed by atoms with van der Waals surface area (Å²) in [6, 6.07) is 6.46. The Morgan fingerprint density at radius 2 is 2.10 bits per heavy atom. The third kappa shape index (κ3) is 2.49. The van der Waals surface area contributed by atoms with Crippen LogP contribution in [-0.2, 0) is 4.79 Å². The third-order valence-corrected chi connectivity index (χ3v) is 4.59. The summed E-state index contributed by atoms with van der Waals surface area (Å²) in [4.78, 5) is 16.7. The number of anilines is 1. The minimum atomic E-state index is -0.543. The van der Waals surface area contributed by atoms with Gasteiger partial charge in [0.25, 0.3) is 0 Å². The number of halogens is 1. The molecule has 2 heterocycles. The Morgan fingerprint density at radius 3 is 2.76 bits per heavy atom. The zero-order chi connectivity index (χ0) is 14.9. The fourth-order valence-corrected chi connectivity index (χ4v) is 3.40. The highest BCUT2D eigenvalue weighted by atomic mass is 19.1. The van der Waals surface area contributed by atoms with Crippen LogP contribution >= 0.6 is 0 Å². The number of carbonyl (C=O) groups excluding carboxylic acids is 1. The molecule has 1 aromatic carbocycles. The molecule has 0 unspecified atom stereocenters. The van der Waals surface area contributed by atoms with Crippen molar-refractivity contribution in [1.82, 2.24) is 10.2 Å². The molecule has 0 atom stereocenters. The first-order chi connectivity index (χ1) is 10.2. The molecule has 1 aromatic rings. The number of nitrogens with zero attached hydrogens (tertiary/aromatic N) is 2. The first-order valence-corrected chi connectivity index (χ1v) is 7.40. The minimum Gasteiger partial charge on any atom is -0.339 e. The number of hydrogen-bond donors (Lipinski definition) is 2. The maximum absolute atomic E-state index is 13.5. The van der Waals surface area contributed by atoms with Crippen LogP contribution < -0.4 is 16.0 Å². The van der Waals surface area contributed by atoms with E-state index in [2.05, 4.69) is 10.2 Å². The zero-order valence-electron chi connectivity index (χ0n) is 12.0. The lowest BCUT2D eigenvalue weighted by atomic mass is 9.85. The normalized spacial score (nSPS) is 21.8. The van der Waals surface area contributed by atoms with E-state index in [-0.39, 0.29) is 11.7 Å². The van der Waals surface area contributed by atoms with Gasteiger partial charge in [-0.3, -0.25) is 4.79 Å². The Bertz CT molecular complexity index is 528. The SMILES string of the molecule is NCCN1CCC2(CC1)C(=O)NCN2c1cccc(F)c1. The number of hydrogen-bond acceptors (Lipinski definition) is 4. The van der Waals surface area contributed by atoms with Gasteiger partial charge in [0.05, 0.1) is 6.67 Å². The van der Waals surface area contributed by atoms with Crippen molar-refractivity contribution in [1.29, 1.82) is 0 Å². The minimum absolute atomic E-state index is 0.0548. The van der Waals surface area contributed by atoms with E-state index in [1.54, 1.807) is 6.07 Å². The van der Waals surface area contributed by atoms with E-state index < -0.39 is 5.54 Å². The topological polar surface area (TPSA) is 61.6 Å². The van der Waals surface area contributed by atoms with Crippen molar-refractivity contribution in [2.45, 2.75) is 18.4 Å². The van der Waals surface area contributed by atoms with E-state index in [0.717, 1.165) is 38.2 Å². The van der Waals surface area contributed by atoms with Crippen LogP contribution in [0.3, 0.4) is 0 Å². The molecule has 2 fully saturated rings. The van der Waals surface area contributed by atoms with E-state index in [1.807, 2.05) is 11.0 Å². The Hall–Kier alpha value is -1.66. The highest BCUT2D eigenvalue weighted by Crippen LogP contribution is 2.36. The first kappa shape index (κ1) is 14.3. The van der Waals surface area contributed by atoms with Crippen molar-refractivity contribution >= 4 is 11.6 Å². The number of amides is 1. The van der Waals surface area contributed by atoms with Gasteiger partial charge in [0.2, 0.25) is 5.91 Å². The van der Waals surface area contributed by atoms with E-state index in [1.165, 1.54) is 12.1 Å². The molecular weight excluding hydrogens is 271 g/mol. The van der Waals surface area contributed by atoms with E-state index in [9.17, 15) is 9.18 Å². The molecule has 5 nitrogen and oxygen atoms in total. The van der Waals surface area contributed by atoms with Gasteiger partial charge >= 0.3 is 0 Å². The van der Waals surface area contributed by atoms with Crippen LogP contribution in [0.4, 0.5) is 10.1 Å². The monoisotopic (exact) mass is 292 g/mol. The molecule has 0 saturated carbocycles. The molecule has 0 radical (unpaired) electrons. The molecule has 21 heavy (non-hydrogen) atoms. The molecule has 0 aliphatic carbocycles. The lowest BCUT2D eigenvalue weighted by Crippen LogP contribution is -2.56. The maximum Gasteiger partial charge on any atom is 0.247 e. The lowest BCUT2D eigenvalue weighted by molar-refractivity contribution is -0.125. The highest BCUT2D eigenvalue weighted by molar-refractivity contribution is 5.93. The number of carbonyl (C=O) groups is 1. The number of rotatable bonds is 3. The Balaban J connectivity index is 1.83. The number of benzene rings is 1. The molecule has 3 N–H and O–H groups in total. The van der Waals surface area contributed by atoms with Crippen molar-refractivity contribution in [2.75, 3.05) is 37.7 Å². The van der Waals surface area contributed by atoms with Gasteiger partial charge in [0, 0.05) is 31.9 Å². The third-order valence-electron chi connectivity index (χ3n) is 4.59. The number of piperidine rings is 1. The quantitative estimate of drug-likeness (QED) is 0.852. The van der Waals surface area contributed by atoms with Gasteiger partial charge in [0.15, 0.2) is 0 Å². The van der Waals surface area contributed by atoms with Gasteiger partial charge < -0.3 is 20.9 Å². The average Bonchev–Trinajstić information content (AvgIpc) is 2.79. The molecule has 1 spiro atoms. The van der Waals surface area contributed by atoms with Gasteiger partial charge in [-0.15, -0.1) is 0 Å². The molecule has 3 rings (SSSR count). The van der Waals surface area contributed by atoms with Crippen molar-refractivity contribution in [3.63, 3.8) is 0 Å². The Kier molecular flexibility index (Phi) is 3.82. The number of nitrogens with one attached hydrogen (secondary N) is 1. The summed E-state index contributed by atoms with van der Waals surface area (Å²) in [6.45, 7) is 3.62. The van der Waals surface area contributed by atoms with E-state index >= 15 is 0 Å². The second kappa shape index (κ2) is 5.61. The summed E-state index contributed by atoms with van der Waals surface area (Å²) >= 11 is 0. The predicted molar refractivity (Wildman–Crippen MR) is 79.3 cm³/mol. The zero-order valence-corrected chi connectivity index (χ0v) is 12.0. The van der Waals surface area contributed by atoms with E-state index in [0.29, 0.717) is 13.2 Å². The van der Waals surface area contributed by atoms with Gasteiger partial charge in [-0.05, 0) is 31.0 Å². The maximum atomic E-state index is 13.5. The standard InChI is InChI=1S/C15H21FN4O/c16-12-2-1-3-13(10-12)20-11-18-14(21)15(20)4-7-19(8-5-15)9-6-17/h1-3,10H,4-9,11,17H2,(H,18,21). The van der Waals surface area contributed by atoms with Crippen LogP contribution in [0.1, 0.15) is 12.8 Å². The average molecular weight is 292 g/mol. The summed E-state index contributed by atoms with van der Waals surface area (Å²) in [5, 5.41) is 2.92. The second-order valence-corrected chi connectivity index (χ2v) is 5.73. The molecule has 114 valence electrons. The molecular formula is C15H21FN4O. The number of nitrogens with two attached hydrogens (primary N) is 1. The molecule has 2 aliphatic heterocycles. The van der Waals surface area contributed by atoms with Crippen LogP contribution in [0.25, 0.3) is 0 Å². The van der Waals surface area contributed by atoms with Crippen LogP contribution in [0, 0.1) is 5.82 Å². The van der Waals surface area contributed by atoms with Crippen molar-refractivity contribution < 1.29 is 9.18 Å². The van der Waals surface area contributed by atoms with Gasteiger partial charge in [0.1, 0.15) is 11.4 Å². The second-order valence-electron chi connectivity index (χ2n) is 5.73. The highest BCUT2D eigenvalue weighted by Gasteiger charge is 2.50. The fraction of sp³-hybridized carbons (Fsp3) is 0.533. The first-order valence-electron chi connectivity index (χ1n) is 7.40. The van der Waals surface area contributed by atoms with Crippen molar-refractivity contribution in [3.05, 3.63) is 30.1 Å².